The maximum absolute atomic E-state index is 11.3. The van der Waals surface area contributed by atoms with E-state index in [0.717, 1.165) is 0 Å². The lowest BCUT2D eigenvalue weighted by Gasteiger charge is -2.30. The van der Waals surface area contributed by atoms with Gasteiger partial charge in [-0.05, 0) is 20.0 Å². The Morgan fingerprint density at radius 2 is 1.79 bits per heavy atom. The average molecular weight is 200 g/mol. The lowest BCUT2D eigenvalue weighted by molar-refractivity contribution is -0.160. The van der Waals surface area contributed by atoms with Crippen molar-refractivity contribution in [3.63, 3.8) is 0 Å². The Hall–Kier alpha value is -0.870. The summed E-state index contributed by atoms with van der Waals surface area (Å²) < 4.78 is 5.22. The third-order valence-corrected chi connectivity index (χ3v) is 1.67. The molecule has 4 nitrogen and oxygen atoms in total. The average Bonchev–Trinajstić information content (AvgIpc) is 2.04. The van der Waals surface area contributed by atoms with Gasteiger partial charge in [0.1, 0.15) is 0 Å². The predicted molar refractivity (Wildman–Crippen MR) is 56.7 cm³/mol. The zero-order chi connectivity index (χ0) is 11.2. The van der Waals surface area contributed by atoms with E-state index < -0.39 is 11.8 Å². The Kier molecular flexibility index (Phi) is 5.42. The van der Waals surface area contributed by atoms with Crippen LogP contribution >= 0.6 is 0 Å². The molecule has 0 fully saturated rings. The topological polar surface area (TPSA) is 50.4 Å². The summed E-state index contributed by atoms with van der Waals surface area (Å²) in [4.78, 5) is 11.3. The molecule has 0 heterocycles. The van der Waals surface area contributed by atoms with Gasteiger partial charge in [-0.3, -0.25) is 10.6 Å². The minimum atomic E-state index is -0.806. The molecule has 0 spiro atoms. The first-order valence-electron chi connectivity index (χ1n) is 4.84. The minimum absolute atomic E-state index is 0.394. The molecular weight excluding hydrogens is 180 g/mol. The third-order valence-electron chi connectivity index (χ3n) is 1.67. The van der Waals surface area contributed by atoms with Crippen molar-refractivity contribution >= 4 is 5.97 Å². The van der Waals surface area contributed by atoms with E-state index in [-0.39, 0.29) is 0 Å². The summed E-state index contributed by atoms with van der Waals surface area (Å²) in [5.74, 6) is -1.20. The summed E-state index contributed by atoms with van der Waals surface area (Å²) >= 11 is 0. The van der Waals surface area contributed by atoms with E-state index >= 15 is 0 Å². The molecule has 0 aliphatic heterocycles. The highest BCUT2D eigenvalue weighted by atomic mass is 16.6. The molecule has 0 aliphatic carbocycles. The van der Waals surface area contributed by atoms with Gasteiger partial charge in [0, 0.05) is 12.5 Å². The number of hydrogen-bond acceptors (Lipinski definition) is 4. The Labute approximate surface area is 85.7 Å². The highest BCUT2D eigenvalue weighted by molar-refractivity contribution is 5.87. The fourth-order valence-electron chi connectivity index (χ4n) is 1.08. The summed E-state index contributed by atoms with van der Waals surface area (Å²) in [6.07, 6.45) is 0. The monoisotopic (exact) mass is 200 g/mol. The molecule has 0 saturated carbocycles. The molecule has 0 radical (unpaired) electrons. The van der Waals surface area contributed by atoms with Gasteiger partial charge >= 0.3 is 5.97 Å². The Balaban J connectivity index is 4.35. The summed E-state index contributed by atoms with van der Waals surface area (Å²) in [5.41, 5.74) is 0.395. The van der Waals surface area contributed by atoms with E-state index in [1.54, 1.807) is 13.8 Å². The lowest BCUT2D eigenvalue weighted by Crippen LogP contribution is -2.57. The molecule has 14 heavy (non-hydrogen) atoms. The first-order valence-corrected chi connectivity index (χ1v) is 4.84. The van der Waals surface area contributed by atoms with Crippen LogP contribution < -0.4 is 10.6 Å². The SMILES string of the molecule is C=C(C)C(=O)OC(C)(NCC)NCC. The summed E-state index contributed by atoms with van der Waals surface area (Å²) in [6.45, 7) is 12.3. The van der Waals surface area contributed by atoms with Gasteiger partial charge in [-0.15, -0.1) is 0 Å². The van der Waals surface area contributed by atoms with Gasteiger partial charge in [0.2, 0.25) is 5.85 Å². The van der Waals surface area contributed by atoms with Crippen LogP contribution in [0.4, 0.5) is 0 Å². The van der Waals surface area contributed by atoms with Crippen LogP contribution in [0.3, 0.4) is 0 Å². The molecule has 0 amide bonds. The van der Waals surface area contributed by atoms with Crippen LogP contribution in [0.5, 0.6) is 0 Å². The van der Waals surface area contributed by atoms with Gasteiger partial charge < -0.3 is 4.74 Å². The number of carbonyl (C=O) groups excluding carboxylic acids is 1. The molecule has 0 saturated heterocycles. The molecule has 0 rings (SSSR count). The maximum Gasteiger partial charge on any atom is 0.335 e. The van der Waals surface area contributed by atoms with E-state index in [2.05, 4.69) is 17.2 Å². The first-order chi connectivity index (χ1) is 6.45. The highest BCUT2D eigenvalue weighted by Crippen LogP contribution is 2.05. The number of hydrogen-bond donors (Lipinski definition) is 2. The molecule has 0 aromatic heterocycles. The van der Waals surface area contributed by atoms with E-state index in [4.69, 9.17) is 4.74 Å². The van der Waals surface area contributed by atoms with Crippen molar-refractivity contribution in [2.45, 2.75) is 33.5 Å². The Morgan fingerprint density at radius 1 is 1.36 bits per heavy atom. The van der Waals surface area contributed by atoms with Gasteiger partial charge in [0.25, 0.3) is 0 Å². The summed E-state index contributed by atoms with van der Waals surface area (Å²) in [7, 11) is 0. The van der Waals surface area contributed by atoms with Crippen molar-refractivity contribution in [3.8, 4) is 0 Å². The zero-order valence-electron chi connectivity index (χ0n) is 9.44. The van der Waals surface area contributed by atoms with Gasteiger partial charge in [-0.25, -0.2) is 4.79 Å². The number of ether oxygens (including phenoxy) is 1. The number of esters is 1. The standard InChI is InChI=1S/C10H20N2O2/c1-6-11-10(5,12-7-2)14-9(13)8(3)4/h11-12H,3,6-7H2,1-2,4-5H3. The van der Waals surface area contributed by atoms with E-state index in [0.29, 0.717) is 18.7 Å². The van der Waals surface area contributed by atoms with Gasteiger partial charge in [-0.1, -0.05) is 20.4 Å². The van der Waals surface area contributed by atoms with Crippen molar-refractivity contribution in [2.75, 3.05) is 13.1 Å². The summed E-state index contributed by atoms with van der Waals surface area (Å²) in [5, 5.41) is 6.10. The second-order valence-electron chi connectivity index (χ2n) is 3.26. The molecule has 0 aliphatic rings. The predicted octanol–water partition coefficient (Wildman–Crippen LogP) is 0.998. The van der Waals surface area contributed by atoms with Gasteiger partial charge in [0.15, 0.2) is 0 Å². The van der Waals surface area contributed by atoms with Crippen molar-refractivity contribution < 1.29 is 9.53 Å². The van der Waals surface area contributed by atoms with Gasteiger partial charge in [-0.2, -0.15) is 0 Å². The molecule has 0 atom stereocenters. The van der Waals surface area contributed by atoms with Crippen LogP contribution in [0.25, 0.3) is 0 Å². The molecule has 0 aromatic rings. The van der Waals surface area contributed by atoms with E-state index in [1.807, 2.05) is 13.8 Å². The van der Waals surface area contributed by atoms with Crippen molar-refractivity contribution in [1.29, 1.82) is 0 Å². The molecule has 0 aromatic carbocycles. The Morgan fingerprint density at radius 3 is 2.07 bits per heavy atom. The van der Waals surface area contributed by atoms with Crippen LogP contribution in [0, 0.1) is 0 Å². The van der Waals surface area contributed by atoms with E-state index in [1.165, 1.54) is 0 Å². The molecule has 2 N–H and O–H groups in total. The fourth-order valence-corrected chi connectivity index (χ4v) is 1.08. The molecule has 4 heteroatoms. The zero-order valence-corrected chi connectivity index (χ0v) is 9.44. The normalized spacial score (nSPS) is 11.1. The Bertz CT molecular complexity index is 208. The molecule has 82 valence electrons. The second kappa shape index (κ2) is 5.78. The van der Waals surface area contributed by atoms with E-state index in [9.17, 15) is 4.79 Å². The number of nitrogens with one attached hydrogen (secondary N) is 2. The van der Waals surface area contributed by atoms with Crippen LogP contribution in [-0.2, 0) is 9.53 Å². The lowest BCUT2D eigenvalue weighted by atomic mass is 10.3. The quantitative estimate of drug-likeness (QED) is 0.381. The maximum atomic E-state index is 11.3. The highest BCUT2D eigenvalue weighted by Gasteiger charge is 2.26. The van der Waals surface area contributed by atoms with Gasteiger partial charge in [0.05, 0.1) is 0 Å². The minimum Gasteiger partial charge on any atom is -0.427 e. The van der Waals surface area contributed by atoms with Crippen LogP contribution in [0.1, 0.15) is 27.7 Å². The van der Waals surface area contributed by atoms with Crippen molar-refractivity contribution in [3.05, 3.63) is 12.2 Å². The molecule has 0 unspecified atom stereocenters. The molecular formula is C10H20N2O2. The van der Waals surface area contributed by atoms with Crippen molar-refractivity contribution in [1.82, 2.24) is 10.6 Å². The largest absolute Gasteiger partial charge is 0.427 e. The first kappa shape index (κ1) is 13.1. The third kappa shape index (κ3) is 4.39. The smallest absolute Gasteiger partial charge is 0.335 e. The summed E-state index contributed by atoms with van der Waals surface area (Å²) in [6, 6.07) is 0. The van der Waals surface area contributed by atoms with Crippen molar-refractivity contribution in [2.24, 2.45) is 0 Å². The number of rotatable bonds is 6. The molecule has 0 bridgehead atoms. The van der Waals surface area contributed by atoms with Crippen LogP contribution in [0.15, 0.2) is 12.2 Å². The fraction of sp³-hybridized carbons (Fsp3) is 0.700. The van der Waals surface area contributed by atoms with Crippen LogP contribution in [0.2, 0.25) is 0 Å². The number of carbonyl (C=O) groups is 1. The second-order valence-corrected chi connectivity index (χ2v) is 3.26. The van der Waals surface area contributed by atoms with Crippen LogP contribution in [-0.4, -0.2) is 24.9 Å².